The molecule has 0 aliphatic carbocycles. The van der Waals surface area contributed by atoms with Crippen LogP contribution in [0.25, 0.3) is 0 Å². The SMILES string of the molecule is COc1ccc(S(=O)(=O)Nc2cccc([N+](=O)[O-])c2)cc1C(=O)N1CCOCC1. The second-order valence-corrected chi connectivity index (χ2v) is 7.86. The van der Waals surface area contributed by atoms with Gasteiger partial charge in [-0.25, -0.2) is 8.42 Å². The number of hydrogen-bond acceptors (Lipinski definition) is 7. The van der Waals surface area contributed by atoms with E-state index in [0.29, 0.717) is 26.3 Å². The second-order valence-electron chi connectivity index (χ2n) is 6.18. The predicted octanol–water partition coefficient (Wildman–Crippen LogP) is 1.88. The van der Waals surface area contributed by atoms with Crippen LogP contribution >= 0.6 is 0 Å². The number of benzene rings is 2. The Kier molecular flexibility index (Phi) is 5.99. The number of amides is 1. The largest absolute Gasteiger partial charge is 0.496 e. The number of carbonyl (C=O) groups excluding carboxylic acids is 1. The van der Waals surface area contributed by atoms with Gasteiger partial charge in [0.1, 0.15) is 5.75 Å². The average Bonchev–Trinajstić information content (AvgIpc) is 2.73. The van der Waals surface area contributed by atoms with Gasteiger partial charge in [0.25, 0.3) is 21.6 Å². The smallest absolute Gasteiger partial charge is 0.271 e. The molecule has 1 heterocycles. The van der Waals surface area contributed by atoms with Gasteiger partial charge in [0.05, 0.1) is 41.4 Å². The number of nitrogens with one attached hydrogen (secondary N) is 1. The maximum atomic E-state index is 12.8. The van der Waals surface area contributed by atoms with Crippen molar-refractivity contribution in [3.63, 3.8) is 0 Å². The summed E-state index contributed by atoms with van der Waals surface area (Å²) < 4.78 is 38.3. The number of carbonyl (C=O) groups is 1. The van der Waals surface area contributed by atoms with E-state index in [2.05, 4.69) is 4.72 Å². The van der Waals surface area contributed by atoms with Crippen molar-refractivity contribution < 1.29 is 27.6 Å². The molecule has 0 atom stereocenters. The molecule has 0 saturated carbocycles. The molecule has 1 aliphatic heterocycles. The fraction of sp³-hybridized carbons (Fsp3) is 0.278. The average molecular weight is 421 g/mol. The molecule has 0 spiro atoms. The molecule has 29 heavy (non-hydrogen) atoms. The minimum atomic E-state index is -4.09. The first-order chi connectivity index (χ1) is 13.8. The van der Waals surface area contributed by atoms with E-state index in [1.165, 1.54) is 43.5 Å². The fourth-order valence-electron chi connectivity index (χ4n) is 2.86. The van der Waals surface area contributed by atoms with Crippen molar-refractivity contribution in [3.05, 3.63) is 58.1 Å². The van der Waals surface area contributed by atoms with Crippen LogP contribution in [0.5, 0.6) is 5.75 Å². The number of nitro benzene ring substituents is 1. The molecule has 1 amide bonds. The van der Waals surface area contributed by atoms with Gasteiger partial charge in [-0.2, -0.15) is 0 Å². The Morgan fingerprint density at radius 2 is 1.93 bits per heavy atom. The van der Waals surface area contributed by atoms with Crippen molar-refractivity contribution in [2.24, 2.45) is 0 Å². The van der Waals surface area contributed by atoms with Gasteiger partial charge in [-0.15, -0.1) is 0 Å². The first kappa shape index (κ1) is 20.6. The van der Waals surface area contributed by atoms with E-state index >= 15 is 0 Å². The highest BCUT2D eigenvalue weighted by Gasteiger charge is 2.25. The highest BCUT2D eigenvalue weighted by molar-refractivity contribution is 7.92. The van der Waals surface area contributed by atoms with Crippen LogP contribution in [-0.4, -0.2) is 57.6 Å². The zero-order valence-electron chi connectivity index (χ0n) is 15.5. The minimum absolute atomic E-state index is 0.0380. The predicted molar refractivity (Wildman–Crippen MR) is 104 cm³/mol. The first-order valence-corrected chi connectivity index (χ1v) is 10.1. The molecule has 10 nitrogen and oxygen atoms in total. The Bertz CT molecular complexity index is 1030. The topological polar surface area (TPSA) is 128 Å². The van der Waals surface area contributed by atoms with Gasteiger partial charge in [-0.3, -0.25) is 19.6 Å². The third-order valence-corrected chi connectivity index (χ3v) is 5.70. The highest BCUT2D eigenvalue weighted by atomic mass is 32.2. The summed E-state index contributed by atoms with van der Waals surface area (Å²) in [5.41, 5.74) is -0.101. The normalized spacial score (nSPS) is 14.3. The van der Waals surface area contributed by atoms with Crippen LogP contribution in [-0.2, 0) is 14.8 Å². The van der Waals surface area contributed by atoms with Crippen LogP contribution in [0.15, 0.2) is 47.4 Å². The van der Waals surface area contributed by atoms with Crippen molar-refractivity contribution in [3.8, 4) is 5.75 Å². The number of morpholine rings is 1. The Morgan fingerprint density at radius 3 is 2.59 bits per heavy atom. The summed E-state index contributed by atoms with van der Waals surface area (Å²) in [6.07, 6.45) is 0. The summed E-state index contributed by atoms with van der Waals surface area (Å²) in [6.45, 7) is 1.59. The van der Waals surface area contributed by atoms with Gasteiger partial charge in [0, 0.05) is 25.2 Å². The monoisotopic (exact) mass is 421 g/mol. The lowest BCUT2D eigenvalue weighted by Crippen LogP contribution is -2.40. The van der Waals surface area contributed by atoms with Crippen molar-refractivity contribution >= 4 is 27.3 Å². The van der Waals surface area contributed by atoms with E-state index in [4.69, 9.17) is 9.47 Å². The molecule has 0 bridgehead atoms. The van der Waals surface area contributed by atoms with E-state index < -0.39 is 14.9 Å². The number of nitro groups is 1. The zero-order valence-corrected chi connectivity index (χ0v) is 16.3. The van der Waals surface area contributed by atoms with Gasteiger partial charge >= 0.3 is 0 Å². The van der Waals surface area contributed by atoms with Gasteiger partial charge in [-0.1, -0.05) is 6.07 Å². The van der Waals surface area contributed by atoms with Crippen molar-refractivity contribution in [2.45, 2.75) is 4.90 Å². The van der Waals surface area contributed by atoms with E-state index in [0.717, 1.165) is 6.07 Å². The Morgan fingerprint density at radius 1 is 1.21 bits per heavy atom. The summed E-state index contributed by atoms with van der Waals surface area (Å²) in [5.74, 6) is -0.117. The van der Waals surface area contributed by atoms with Crippen molar-refractivity contribution in [1.82, 2.24) is 4.90 Å². The molecule has 2 aromatic carbocycles. The molecule has 1 saturated heterocycles. The van der Waals surface area contributed by atoms with Gasteiger partial charge in [0.15, 0.2) is 0 Å². The molecule has 0 unspecified atom stereocenters. The molecule has 0 aromatic heterocycles. The number of non-ortho nitro benzene ring substituents is 1. The number of ether oxygens (including phenoxy) is 2. The van der Waals surface area contributed by atoms with E-state index in [1.807, 2.05) is 0 Å². The highest BCUT2D eigenvalue weighted by Crippen LogP contribution is 2.26. The van der Waals surface area contributed by atoms with E-state index in [-0.39, 0.29) is 33.5 Å². The standard InChI is InChI=1S/C18H19N3O7S/c1-27-17-6-5-15(12-16(17)18(22)20-7-9-28-10-8-20)29(25,26)19-13-3-2-4-14(11-13)21(23)24/h2-6,11-12,19H,7-10H2,1H3. The lowest BCUT2D eigenvalue weighted by atomic mass is 10.1. The van der Waals surface area contributed by atoms with Crippen LogP contribution in [0, 0.1) is 10.1 Å². The van der Waals surface area contributed by atoms with Crippen LogP contribution in [0.3, 0.4) is 0 Å². The van der Waals surface area contributed by atoms with E-state index in [9.17, 15) is 23.3 Å². The molecular weight excluding hydrogens is 402 g/mol. The molecule has 11 heteroatoms. The fourth-order valence-corrected chi connectivity index (χ4v) is 3.93. The van der Waals surface area contributed by atoms with Crippen molar-refractivity contribution in [2.75, 3.05) is 38.1 Å². The zero-order chi connectivity index (χ0) is 21.0. The molecule has 1 aliphatic rings. The summed E-state index contributed by atoms with van der Waals surface area (Å²) in [5, 5.41) is 10.9. The number of sulfonamides is 1. The summed E-state index contributed by atoms with van der Waals surface area (Å²) in [7, 11) is -2.70. The van der Waals surface area contributed by atoms with Gasteiger partial charge in [0.2, 0.25) is 0 Å². The molecule has 2 aromatic rings. The summed E-state index contributed by atoms with van der Waals surface area (Å²) >= 11 is 0. The second kappa shape index (κ2) is 8.45. The molecule has 154 valence electrons. The van der Waals surface area contributed by atoms with Crippen LogP contribution in [0.1, 0.15) is 10.4 Å². The Labute approximate surface area is 167 Å². The van der Waals surface area contributed by atoms with Gasteiger partial charge in [-0.05, 0) is 24.3 Å². The molecule has 1 N–H and O–H groups in total. The van der Waals surface area contributed by atoms with E-state index in [1.54, 1.807) is 4.90 Å². The first-order valence-electron chi connectivity index (χ1n) is 8.64. The molecular formula is C18H19N3O7S. The molecule has 3 rings (SSSR count). The summed E-state index contributed by atoms with van der Waals surface area (Å²) in [6, 6.07) is 9.07. The van der Waals surface area contributed by atoms with Crippen LogP contribution < -0.4 is 9.46 Å². The third-order valence-electron chi connectivity index (χ3n) is 4.32. The number of methoxy groups -OCH3 is 1. The lowest BCUT2D eigenvalue weighted by molar-refractivity contribution is -0.384. The summed E-state index contributed by atoms with van der Waals surface area (Å²) in [4.78, 5) is 24.5. The minimum Gasteiger partial charge on any atom is -0.496 e. The van der Waals surface area contributed by atoms with Crippen molar-refractivity contribution in [1.29, 1.82) is 0 Å². The molecule has 0 radical (unpaired) electrons. The number of nitrogens with zero attached hydrogens (tertiary/aromatic N) is 2. The Hall–Kier alpha value is -3.18. The van der Waals surface area contributed by atoms with Gasteiger partial charge < -0.3 is 14.4 Å². The maximum absolute atomic E-state index is 12.8. The number of hydrogen-bond donors (Lipinski definition) is 1. The number of anilines is 1. The quantitative estimate of drug-likeness (QED) is 0.557. The maximum Gasteiger partial charge on any atom is 0.271 e. The van der Waals surface area contributed by atoms with Crippen LogP contribution in [0.2, 0.25) is 0 Å². The third kappa shape index (κ3) is 4.63. The Balaban J connectivity index is 1.92. The molecule has 1 fully saturated rings. The number of rotatable bonds is 6. The van der Waals surface area contributed by atoms with Crippen LogP contribution in [0.4, 0.5) is 11.4 Å². The lowest BCUT2D eigenvalue weighted by Gasteiger charge is -2.27.